The van der Waals surface area contributed by atoms with Crippen molar-refractivity contribution in [3.63, 3.8) is 0 Å². The number of hydrogen-bond donors (Lipinski definition) is 3. The van der Waals surface area contributed by atoms with E-state index >= 15 is 0 Å². The summed E-state index contributed by atoms with van der Waals surface area (Å²) in [5.41, 5.74) is 0. The topological polar surface area (TPSA) is 65.5 Å². The maximum absolute atomic E-state index is 11.5. The molecule has 20 heavy (non-hydrogen) atoms. The molecule has 0 spiro atoms. The van der Waals surface area contributed by atoms with Crippen LogP contribution in [-0.4, -0.2) is 38.5 Å². The van der Waals surface area contributed by atoms with E-state index in [1.807, 2.05) is 6.92 Å². The van der Waals surface area contributed by atoms with Gasteiger partial charge >= 0.3 is 0 Å². The van der Waals surface area contributed by atoms with Gasteiger partial charge in [-0.3, -0.25) is 9.79 Å². The summed E-state index contributed by atoms with van der Waals surface area (Å²) in [5, 5.41) is 9.17. The minimum absolute atomic E-state index is 0.00724. The van der Waals surface area contributed by atoms with Crippen LogP contribution in [0.5, 0.6) is 0 Å². The second kappa shape index (κ2) is 12.8. The number of carbonyl (C=O) groups is 1. The minimum Gasteiger partial charge on any atom is -0.356 e. The smallest absolute Gasteiger partial charge is 0.239 e. The highest BCUT2D eigenvalue weighted by Crippen LogP contribution is 2.10. The summed E-state index contributed by atoms with van der Waals surface area (Å²) < 4.78 is 0. The van der Waals surface area contributed by atoms with Gasteiger partial charge in [-0.15, -0.1) is 0 Å². The Hall–Kier alpha value is -1.26. The lowest BCUT2D eigenvalue weighted by Crippen LogP contribution is -2.44. The summed E-state index contributed by atoms with van der Waals surface area (Å²) in [6.45, 7) is 8.38. The van der Waals surface area contributed by atoms with Gasteiger partial charge in [-0.1, -0.05) is 40.0 Å². The number of nitrogens with zero attached hydrogens (tertiary/aromatic N) is 1. The Morgan fingerprint density at radius 3 is 2.40 bits per heavy atom. The summed E-state index contributed by atoms with van der Waals surface area (Å²) in [6.07, 6.45) is 5.87. The molecule has 0 aromatic carbocycles. The average Bonchev–Trinajstić information content (AvgIpc) is 2.48. The maximum Gasteiger partial charge on any atom is 0.239 e. The highest BCUT2D eigenvalue weighted by atomic mass is 16.1. The fourth-order valence-electron chi connectivity index (χ4n) is 1.90. The van der Waals surface area contributed by atoms with Crippen molar-refractivity contribution >= 4 is 11.9 Å². The van der Waals surface area contributed by atoms with Crippen molar-refractivity contribution in [2.24, 2.45) is 10.9 Å². The zero-order valence-electron chi connectivity index (χ0n) is 13.6. The summed E-state index contributed by atoms with van der Waals surface area (Å²) in [4.78, 5) is 15.6. The van der Waals surface area contributed by atoms with Crippen LogP contribution in [0.25, 0.3) is 0 Å². The second-order valence-corrected chi connectivity index (χ2v) is 5.07. The predicted molar refractivity (Wildman–Crippen MR) is 86.0 cm³/mol. The van der Waals surface area contributed by atoms with Gasteiger partial charge in [0.15, 0.2) is 5.96 Å². The number of hydrogen-bond acceptors (Lipinski definition) is 2. The fraction of sp³-hybridized carbons (Fsp3) is 0.867. The van der Waals surface area contributed by atoms with Crippen molar-refractivity contribution in [1.29, 1.82) is 0 Å². The van der Waals surface area contributed by atoms with E-state index in [4.69, 9.17) is 0 Å². The quantitative estimate of drug-likeness (QED) is 0.424. The van der Waals surface area contributed by atoms with Crippen molar-refractivity contribution < 1.29 is 4.79 Å². The van der Waals surface area contributed by atoms with Crippen molar-refractivity contribution in [3.05, 3.63) is 0 Å². The second-order valence-electron chi connectivity index (χ2n) is 5.07. The number of aliphatic imine (C=N–C) groups is 1. The molecule has 1 atom stereocenters. The van der Waals surface area contributed by atoms with Crippen molar-refractivity contribution in [3.8, 4) is 0 Å². The first-order valence-electron chi connectivity index (χ1n) is 7.89. The molecular formula is C15H32N4O. The van der Waals surface area contributed by atoms with Crippen molar-refractivity contribution in [2.45, 2.75) is 52.9 Å². The standard InChI is InChI=1S/C15H32N4O/c1-5-8-9-13(7-3)11-18-15(16-4)19-12-14(20)17-10-6-2/h13H,5-12H2,1-4H3,(H,17,20)(H2,16,18,19). The lowest BCUT2D eigenvalue weighted by molar-refractivity contribution is -0.120. The fourth-order valence-corrected chi connectivity index (χ4v) is 1.90. The molecule has 5 nitrogen and oxygen atoms in total. The molecule has 0 aliphatic rings. The van der Waals surface area contributed by atoms with Gasteiger partial charge in [-0.05, 0) is 18.8 Å². The molecule has 0 bridgehead atoms. The number of carbonyl (C=O) groups excluding carboxylic acids is 1. The first kappa shape index (κ1) is 18.7. The lowest BCUT2D eigenvalue weighted by Gasteiger charge is -2.17. The van der Waals surface area contributed by atoms with Crippen LogP contribution in [0, 0.1) is 5.92 Å². The Kier molecular flexibility index (Phi) is 12.0. The van der Waals surface area contributed by atoms with Gasteiger partial charge in [0.2, 0.25) is 5.91 Å². The summed E-state index contributed by atoms with van der Waals surface area (Å²) in [7, 11) is 1.73. The summed E-state index contributed by atoms with van der Waals surface area (Å²) in [5.74, 6) is 1.38. The molecule has 0 heterocycles. The molecule has 0 aliphatic heterocycles. The SMILES string of the molecule is CCCCC(CC)CNC(=NC)NCC(=O)NCCC. The van der Waals surface area contributed by atoms with Gasteiger partial charge < -0.3 is 16.0 Å². The molecule has 1 unspecified atom stereocenters. The van der Waals surface area contributed by atoms with Gasteiger partial charge in [0.1, 0.15) is 0 Å². The Balaban J connectivity index is 3.94. The Labute approximate surface area is 124 Å². The van der Waals surface area contributed by atoms with Crippen LogP contribution in [0.1, 0.15) is 52.9 Å². The largest absolute Gasteiger partial charge is 0.356 e. The van der Waals surface area contributed by atoms with E-state index in [9.17, 15) is 4.79 Å². The van der Waals surface area contributed by atoms with E-state index in [-0.39, 0.29) is 12.5 Å². The van der Waals surface area contributed by atoms with E-state index in [0.29, 0.717) is 11.9 Å². The number of nitrogens with one attached hydrogen (secondary N) is 3. The molecule has 1 amide bonds. The number of rotatable bonds is 10. The molecule has 0 radical (unpaired) electrons. The monoisotopic (exact) mass is 284 g/mol. The van der Waals surface area contributed by atoms with E-state index in [2.05, 4.69) is 34.8 Å². The third-order valence-electron chi connectivity index (χ3n) is 3.31. The van der Waals surface area contributed by atoms with E-state index in [0.717, 1.165) is 19.5 Å². The number of unbranched alkanes of at least 4 members (excludes halogenated alkanes) is 1. The van der Waals surface area contributed by atoms with Crippen LogP contribution in [0.3, 0.4) is 0 Å². The summed E-state index contributed by atoms with van der Waals surface area (Å²) >= 11 is 0. The molecule has 0 aromatic heterocycles. The zero-order valence-corrected chi connectivity index (χ0v) is 13.6. The van der Waals surface area contributed by atoms with Gasteiger partial charge in [0.05, 0.1) is 6.54 Å². The minimum atomic E-state index is 0.00724. The normalized spacial score (nSPS) is 12.9. The average molecular weight is 284 g/mol. The molecule has 0 aromatic rings. The Morgan fingerprint density at radius 1 is 1.10 bits per heavy atom. The van der Waals surface area contributed by atoms with Crippen molar-refractivity contribution in [1.82, 2.24) is 16.0 Å². The van der Waals surface area contributed by atoms with Crippen LogP contribution < -0.4 is 16.0 Å². The van der Waals surface area contributed by atoms with Gasteiger partial charge in [-0.2, -0.15) is 0 Å². The van der Waals surface area contributed by atoms with Crippen molar-refractivity contribution in [2.75, 3.05) is 26.7 Å². The lowest BCUT2D eigenvalue weighted by atomic mass is 9.99. The van der Waals surface area contributed by atoms with E-state index < -0.39 is 0 Å². The number of amides is 1. The Bertz CT molecular complexity index is 279. The molecule has 5 heteroatoms. The van der Waals surface area contributed by atoms with Crippen LogP contribution in [0.4, 0.5) is 0 Å². The van der Waals surface area contributed by atoms with Gasteiger partial charge in [0, 0.05) is 20.1 Å². The molecule has 0 saturated carbocycles. The molecule has 0 rings (SSSR count). The highest BCUT2D eigenvalue weighted by molar-refractivity contribution is 5.86. The van der Waals surface area contributed by atoms with Crippen LogP contribution >= 0.6 is 0 Å². The van der Waals surface area contributed by atoms with Crippen LogP contribution in [0.15, 0.2) is 4.99 Å². The first-order valence-corrected chi connectivity index (χ1v) is 7.89. The third kappa shape index (κ3) is 9.64. The molecule has 0 fully saturated rings. The first-order chi connectivity index (χ1) is 9.67. The molecule has 0 aliphatic carbocycles. The van der Waals surface area contributed by atoms with Gasteiger partial charge in [-0.25, -0.2) is 0 Å². The Morgan fingerprint density at radius 2 is 1.85 bits per heavy atom. The number of guanidine groups is 1. The molecule has 3 N–H and O–H groups in total. The molecule has 118 valence electrons. The maximum atomic E-state index is 11.5. The van der Waals surface area contributed by atoms with E-state index in [1.54, 1.807) is 7.05 Å². The van der Waals surface area contributed by atoms with Crippen LogP contribution in [-0.2, 0) is 4.79 Å². The summed E-state index contributed by atoms with van der Waals surface area (Å²) in [6, 6.07) is 0. The van der Waals surface area contributed by atoms with Crippen LogP contribution in [0.2, 0.25) is 0 Å². The predicted octanol–water partition coefficient (Wildman–Crippen LogP) is 1.89. The van der Waals surface area contributed by atoms with Gasteiger partial charge in [0.25, 0.3) is 0 Å². The molecular weight excluding hydrogens is 252 g/mol. The van der Waals surface area contributed by atoms with E-state index in [1.165, 1.54) is 25.7 Å². The zero-order chi connectivity index (χ0) is 15.2. The highest BCUT2D eigenvalue weighted by Gasteiger charge is 2.07. The molecule has 0 saturated heterocycles. The third-order valence-corrected chi connectivity index (χ3v) is 3.31.